The van der Waals surface area contributed by atoms with Gasteiger partial charge in [0.15, 0.2) is 0 Å². The molecule has 1 atom stereocenters. The Morgan fingerprint density at radius 3 is 2.50 bits per heavy atom. The van der Waals surface area contributed by atoms with Crippen LogP contribution in [0.1, 0.15) is 13.8 Å². The van der Waals surface area contributed by atoms with Crippen LogP contribution in [-0.2, 0) is 4.74 Å². The highest BCUT2D eigenvalue weighted by Crippen LogP contribution is 2.27. The van der Waals surface area contributed by atoms with Crippen LogP contribution in [0, 0.1) is 5.92 Å². The molecular weight excluding hydrogens is 193 g/mol. The molecule has 0 saturated carbocycles. The highest BCUT2D eigenvalue weighted by molar-refractivity contribution is 5.29. The third-order valence-electron chi connectivity index (χ3n) is 2.06. The second-order valence-electron chi connectivity index (χ2n) is 3.13. The molecule has 0 aromatic carbocycles. The number of hydrogen-bond donors (Lipinski definition) is 0. The summed E-state index contributed by atoms with van der Waals surface area (Å²) in [5.41, 5.74) is 0.576. The van der Waals surface area contributed by atoms with Crippen molar-refractivity contribution < 1.29 is 17.9 Å². The van der Waals surface area contributed by atoms with Crippen LogP contribution in [0.2, 0.25) is 0 Å². The van der Waals surface area contributed by atoms with Crippen molar-refractivity contribution in [3.63, 3.8) is 0 Å². The fraction of sp³-hybridized carbons (Fsp3) is 0.400. The molecule has 78 valence electrons. The zero-order valence-corrected chi connectivity index (χ0v) is 7.93. The summed E-state index contributed by atoms with van der Waals surface area (Å²) < 4.78 is 39.8. The Morgan fingerprint density at radius 2 is 1.93 bits per heavy atom. The van der Waals surface area contributed by atoms with Crippen LogP contribution in [0.5, 0.6) is 0 Å². The minimum Gasteiger partial charge on any atom is -0.406 e. The van der Waals surface area contributed by atoms with E-state index in [2.05, 4.69) is 4.74 Å². The predicted molar refractivity (Wildman–Crippen MR) is 47.3 cm³/mol. The molecule has 1 aliphatic rings. The van der Waals surface area contributed by atoms with E-state index in [0.29, 0.717) is 5.57 Å². The molecule has 1 nitrogen and oxygen atoms in total. The van der Waals surface area contributed by atoms with Crippen LogP contribution in [-0.4, -0.2) is 6.36 Å². The second kappa shape index (κ2) is 3.90. The molecule has 0 N–H and O–H groups in total. The van der Waals surface area contributed by atoms with Crippen LogP contribution < -0.4 is 0 Å². The molecule has 0 spiro atoms. The Kier molecular flexibility index (Phi) is 3.03. The number of halogens is 3. The van der Waals surface area contributed by atoms with E-state index in [-0.39, 0.29) is 11.7 Å². The molecular formula is C10H11F3O. The predicted octanol–water partition coefficient (Wildman–Crippen LogP) is 3.56. The average Bonchev–Trinajstić information content (AvgIpc) is 2.17. The fourth-order valence-electron chi connectivity index (χ4n) is 1.11. The lowest BCUT2D eigenvalue weighted by atomic mass is 10.0. The standard InChI is InChI=1S/C10H11F3O/c1-7-5-3-4-6-9(8(7)2)14-10(11,12)13/h3-7H,1-2H3. The van der Waals surface area contributed by atoms with Gasteiger partial charge < -0.3 is 4.74 Å². The van der Waals surface area contributed by atoms with E-state index >= 15 is 0 Å². The number of rotatable bonds is 1. The first-order valence-electron chi connectivity index (χ1n) is 4.21. The lowest BCUT2D eigenvalue weighted by molar-refractivity contribution is -0.303. The van der Waals surface area contributed by atoms with Crippen molar-refractivity contribution in [2.75, 3.05) is 0 Å². The maximum Gasteiger partial charge on any atom is 0.573 e. The van der Waals surface area contributed by atoms with Gasteiger partial charge in [0, 0.05) is 0 Å². The van der Waals surface area contributed by atoms with Crippen molar-refractivity contribution in [1.29, 1.82) is 0 Å². The van der Waals surface area contributed by atoms with E-state index in [0.717, 1.165) is 0 Å². The monoisotopic (exact) mass is 204 g/mol. The molecule has 4 heteroatoms. The van der Waals surface area contributed by atoms with Gasteiger partial charge in [-0.3, -0.25) is 0 Å². The van der Waals surface area contributed by atoms with Crippen LogP contribution in [0.4, 0.5) is 13.2 Å². The molecule has 0 aliphatic heterocycles. The van der Waals surface area contributed by atoms with Crippen LogP contribution >= 0.6 is 0 Å². The summed E-state index contributed by atoms with van der Waals surface area (Å²) in [6.45, 7) is 3.45. The normalized spacial score (nSPS) is 22.5. The van der Waals surface area contributed by atoms with Gasteiger partial charge in [-0.25, -0.2) is 0 Å². The third-order valence-corrected chi connectivity index (χ3v) is 2.06. The molecule has 0 amide bonds. The highest BCUT2D eigenvalue weighted by Gasteiger charge is 2.32. The average molecular weight is 204 g/mol. The zero-order valence-electron chi connectivity index (χ0n) is 7.93. The first-order valence-corrected chi connectivity index (χ1v) is 4.21. The molecule has 14 heavy (non-hydrogen) atoms. The van der Waals surface area contributed by atoms with Gasteiger partial charge in [-0.2, -0.15) is 0 Å². The zero-order chi connectivity index (χ0) is 10.8. The summed E-state index contributed by atoms with van der Waals surface area (Å²) in [5.74, 6) is -0.155. The summed E-state index contributed by atoms with van der Waals surface area (Å²) in [7, 11) is 0. The quantitative estimate of drug-likeness (QED) is 0.634. The largest absolute Gasteiger partial charge is 0.573 e. The van der Waals surface area contributed by atoms with E-state index in [9.17, 15) is 13.2 Å². The Morgan fingerprint density at radius 1 is 1.29 bits per heavy atom. The van der Waals surface area contributed by atoms with Crippen LogP contribution in [0.25, 0.3) is 0 Å². The molecule has 0 heterocycles. The molecule has 0 fully saturated rings. The number of hydrogen-bond acceptors (Lipinski definition) is 1. The van der Waals surface area contributed by atoms with Crippen LogP contribution in [0.15, 0.2) is 35.6 Å². The van der Waals surface area contributed by atoms with E-state index in [1.54, 1.807) is 13.0 Å². The molecule has 0 aromatic rings. The van der Waals surface area contributed by atoms with Crippen molar-refractivity contribution in [2.45, 2.75) is 20.2 Å². The van der Waals surface area contributed by atoms with Gasteiger partial charge in [-0.1, -0.05) is 25.2 Å². The molecule has 0 aromatic heterocycles. The minimum atomic E-state index is -4.62. The van der Waals surface area contributed by atoms with E-state index in [4.69, 9.17) is 0 Å². The lowest BCUT2D eigenvalue weighted by Crippen LogP contribution is -2.13. The molecule has 1 unspecified atom stereocenters. The number of allylic oxidation sites excluding steroid dienone is 5. The molecule has 1 rings (SSSR count). The van der Waals surface area contributed by atoms with Gasteiger partial charge in [0.25, 0.3) is 0 Å². The van der Waals surface area contributed by atoms with E-state index < -0.39 is 6.36 Å². The van der Waals surface area contributed by atoms with Gasteiger partial charge in [0.05, 0.1) is 0 Å². The summed E-state index contributed by atoms with van der Waals surface area (Å²) in [4.78, 5) is 0. The van der Waals surface area contributed by atoms with Gasteiger partial charge in [0.1, 0.15) is 5.76 Å². The summed E-state index contributed by atoms with van der Waals surface area (Å²) in [6.07, 6.45) is 1.77. The highest BCUT2D eigenvalue weighted by atomic mass is 19.4. The minimum absolute atomic E-state index is 0.0395. The molecule has 1 aliphatic carbocycles. The third kappa shape index (κ3) is 2.94. The van der Waals surface area contributed by atoms with Crippen molar-refractivity contribution in [3.05, 3.63) is 35.6 Å². The van der Waals surface area contributed by atoms with Crippen molar-refractivity contribution in [2.24, 2.45) is 5.92 Å². The van der Waals surface area contributed by atoms with Crippen LogP contribution in [0.3, 0.4) is 0 Å². The Balaban J connectivity index is 2.90. The fourth-order valence-corrected chi connectivity index (χ4v) is 1.11. The van der Waals surface area contributed by atoms with Crippen molar-refractivity contribution in [3.8, 4) is 0 Å². The maximum absolute atomic E-state index is 12.0. The topological polar surface area (TPSA) is 9.23 Å². The lowest BCUT2D eigenvalue weighted by Gasteiger charge is -2.14. The van der Waals surface area contributed by atoms with Crippen molar-refractivity contribution >= 4 is 0 Å². The molecule has 0 saturated heterocycles. The smallest absolute Gasteiger partial charge is 0.406 e. The SMILES string of the molecule is CC1=C(OC(F)(F)F)C=CC=CC1C. The Labute approximate surface area is 80.6 Å². The number of alkyl halides is 3. The van der Waals surface area contributed by atoms with Gasteiger partial charge in [-0.05, 0) is 24.5 Å². The second-order valence-corrected chi connectivity index (χ2v) is 3.13. The number of ether oxygens (including phenoxy) is 1. The Bertz CT molecular complexity index is 297. The maximum atomic E-state index is 12.0. The summed E-state index contributed by atoms with van der Waals surface area (Å²) in [5, 5.41) is 0. The van der Waals surface area contributed by atoms with E-state index in [1.165, 1.54) is 12.2 Å². The first-order chi connectivity index (χ1) is 6.40. The van der Waals surface area contributed by atoms with Gasteiger partial charge in [-0.15, -0.1) is 13.2 Å². The molecule has 0 bridgehead atoms. The molecule has 0 radical (unpaired) electrons. The van der Waals surface area contributed by atoms with Gasteiger partial charge in [0.2, 0.25) is 0 Å². The first kappa shape index (κ1) is 10.9. The Hall–Kier alpha value is -1.19. The van der Waals surface area contributed by atoms with Gasteiger partial charge >= 0.3 is 6.36 Å². The summed E-state index contributed by atoms with van der Waals surface area (Å²) >= 11 is 0. The van der Waals surface area contributed by atoms with Crippen molar-refractivity contribution in [1.82, 2.24) is 0 Å². The van der Waals surface area contributed by atoms with E-state index in [1.807, 2.05) is 13.0 Å². The summed E-state index contributed by atoms with van der Waals surface area (Å²) in [6, 6.07) is 0.